The lowest BCUT2D eigenvalue weighted by Crippen LogP contribution is -2.58. The van der Waals surface area contributed by atoms with Crippen molar-refractivity contribution < 1.29 is 15.0 Å². The number of aliphatic hydroxyl groups is 2. The molecule has 3 nitrogen and oxygen atoms in total. The Balaban J connectivity index is 1.69. The number of aliphatic hydroxyl groups excluding tert-OH is 1. The molecule has 134 valence electrons. The van der Waals surface area contributed by atoms with E-state index in [0.717, 1.165) is 44.9 Å². The zero-order chi connectivity index (χ0) is 17.3. The third-order valence-electron chi connectivity index (χ3n) is 8.87. The maximum atomic E-state index is 11.9. The van der Waals surface area contributed by atoms with Gasteiger partial charge in [-0.2, -0.15) is 0 Å². The van der Waals surface area contributed by atoms with Crippen molar-refractivity contribution in [1.29, 1.82) is 0 Å². The fourth-order valence-electron chi connectivity index (χ4n) is 7.30. The lowest BCUT2D eigenvalue weighted by atomic mass is 9.46. The lowest BCUT2D eigenvalue weighted by Gasteiger charge is -2.59. The monoisotopic (exact) mass is 332 g/mol. The molecule has 0 heterocycles. The molecule has 3 heteroatoms. The van der Waals surface area contributed by atoms with E-state index in [1.54, 1.807) is 6.92 Å². The summed E-state index contributed by atoms with van der Waals surface area (Å²) in [5, 5.41) is 21.5. The fourth-order valence-corrected chi connectivity index (χ4v) is 7.30. The van der Waals surface area contributed by atoms with Crippen LogP contribution >= 0.6 is 0 Å². The summed E-state index contributed by atoms with van der Waals surface area (Å²) in [7, 11) is 0. The van der Waals surface area contributed by atoms with Crippen molar-refractivity contribution in [2.75, 3.05) is 0 Å². The molecule has 4 aliphatic rings. The van der Waals surface area contributed by atoms with Crippen molar-refractivity contribution in [3.8, 4) is 0 Å². The van der Waals surface area contributed by atoms with Crippen LogP contribution in [0.25, 0.3) is 0 Å². The van der Waals surface area contributed by atoms with Gasteiger partial charge < -0.3 is 10.2 Å². The minimum atomic E-state index is -0.928. The second kappa shape index (κ2) is 5.17. The predicted molar refractivity (Wildman–Crippen MR) is 93.3 cm³/mol. The van der Waals surface area contributed by atoms with Crippen molar-refractivity contribution in [2.45, 2.75) is 83.8 Å². The summed E-state index contributed by atoms with van der Waals surface area (Å²) in [6.07, 6.45) is 9.07. The topological polar surface area (TPSA) is 57.5 Å². The van der Waals surface area contributed by atoms with E-state index in [9.17, 15) is 15.0 Å². The summed E-state index contributed by atoms with van der Waals surface area (Å²) in [5.41, 5.74) is 0.489. The van der Waals surface area contributed by atoms with Crippen molar-refractivity contribution in [2.24, 2.45) is 28.6 Å². The average molecular weight is 332 g/mol. The fraction of sp³-hybridized carbons (Fsp3) is 0.857. The summed E-state index contributed by atoms with van der Waals surface area (Å²) in [5.74, 6) is 2.09. The van der Waals surface area contributed by atoms with Crippen LogP contribution in [0.5, 0.6) is 0 Å². The molecule has 7 atom stereocenters. The van der Waals surface area contributed by atoms with Crippen molar-refractivity contribution in [3.05, 3.63) is 11.6 Å². The molecule has 4 aliphatic carbocycles. The Hall–Kier alpha value is -0.670. The molecule has 0 unspecified atom stereocenters. The third kappa shape index (κ3) is 1.94. The van der Waals surface area contributed by atoms with Gasteiger partial charge in [0.05, 0.1) is 11.7 Å². The Morgan fingerprint density at radius 3 is 2.50 bits per heavy atom. The number of carbonyl (C=O) groups excluding carboxylic acids is 1. The van der Waals surface area contributed by atoms with Crippen LogP contribution in [-0.4, -0.2) is 27.7 Å². The van der Waals surface area contributed by atoms with E-state index in [-0.39, 0.29) is 10.8 Å². The average Bonchev–Trinajstić information content (AvgIpc) is 2.81. The second-order valence-electron chi connectivity index (χ2n) is 9.56. The van der Waals surface area contributed by atoms with Crippen LogP contribution < -0.4 is 0 Å². The summed E-state index contributed by atoms with van der Waals surface area (Å²) >= 11 is 0. The molecule has 0 saturated heterocycles. The number of fused-ring (bicyclic) bond motifs is 5. The molecule has 0 aliphatic heterocycles. The van der Waals surface area contributed by atoms with Crippen LogP contribution in [0, 0.1) is 28.6 Å². The molecular formula is C21H32O3. The Kier molecular flexibility index (Phi) is 3.61. The third-order valence-corrected chi connectivity index (χ3v) is 8.87. The number of rotatable bonds is 1. The Labute approximate surface area is 145 Å². The van der Waals surface area contributed by atoms with Gasteiger partial charge in [-0.25, -0.2) is 0 Å². The van der Waals surface area contributed by atoms with E-state index in [2.05, 4.69) is 13.8 Å². The maximum absolute atomic E-state index is 11.9. The van der Waals surface area contributed by atoms with Gasteiger partial charge in [0.1, 0.15) is 0 Å². The van der Waals surface area contributed by atoms with Gasteiger partial charge in [0, 0.05) is 11.8 Å². The standard InChI is InChI=1S/C21H32O3/c1-13(22)21(24)11-8-18-16-5-4-14-12-15(23)6-9-19(14,2)17(16)7-10-20(18,21)3/h12-13,16-18,22,24H,4-11H2,1-3H3/t13-,16+,17-,18+,19-,20-,21+/m0/s1. The van der Waals surface area contributed by atoms with E-state index in [4.69, 9.17) is 0 Å². The van der Waals surface area contributed by atoms with E-state index in [1.165, 1.54) is 5.57 Å². The molecule has 4 rings (SSSR count). The summed E-state index contributed by atoms with van der Waals surface area (Å²) in [6.45, 7) is 6.38. The number of carbonyl (C=O) groups is 1. The minimum Gasteiger partial charge on any atom is -0.390 e. The van der Waals surface area contributed by atoms with Crippen molar-refractivity contribution >= 4 is 5.78 Å². The highest BCUT2D eigenvalue weighted by Gasteiger charge is 2.65. The molecule has 0 aromatic carbocycles. The first kappa shape index (κ1) is 16.8. The molecular weight excluding hydrogens is 300 g/mol. The first-order valence-corrected chi connectivity index (χ1v) is 9.87. The van der Waals surface area contributed by atoms with Gasteiger partial charge in [-0.05, 0) is 81.1 Å². The maximum Gasteiger partial charge on any atom is 0.155 e. The van der Waals surface area contributed by atoms with Gasteiger partial charge in [-0.15, -0.1) is 0 Å². The summed E-state index contributed by atoms with van der Waals surface area (Å²) < 4.78 is 0. The molecule has 3 saturated carbocycles. The zero-order valence-electron chi connectivity index (χ0n) is 15.3. The minimum absolute atomic E-state index is 0.162. The Morgan fingerprint density at radius 1 is 1.08 bits per heavy atom. The normalized spacial score (nSPS) is 52.1. The molecule has 0 aromatic heterocycles. The van der Waals surface area contributed by atoms with E-state index in [1.807, 2.05) is 6.08 Å². The highest BCUT2D eigenvalue weighted by molar-refractivity contribution is 5.91. The van der Waals surface area contributed by atoms with Crippen molar-refractivity contribution in [3.63, 3.8) is 0 Å². The van der Waals surface area contributed by atoms with Crippen LogP contribution in [0.4, 0.5) is 0 Å². The largest absolute Gasteiger partial charge is 0.390 e. The van der Waals surface area contributed by atoms with Crippen LogP contribution in [0.1, 0.15) is 72.1 Å². The first-order chi connectivity index (χ1) is 11.2. The Morgan fingerprint density at radius 2 is 1.79 bits per heavy atom. The highest BCUT2D eigenvalue weighted by atomic mass is 16.3. The van der Waals surface area contributed by atoms with Crippen LogP contribution in [0.2, 0.25) is 0 Å². The van der Waals surface area contributed by atoms with E-state index in [0.29, 0.717) is 30.0 Å². The molecule has 0 spiro atoms. The smallest absolute Gasteiger partial charge is 0.155 e. The molecule has 0 aromatic rings. The highest BCUT2D eigenvalue weighted by Crippen LogP contribution is 2.67. The SMILES string of the molecule is C[C@H](O)[C@]1(O)CC[C@@H]2[C@@H]3CCC4=CC(=O)CC[C@]4(C)[C@H]3CC[C@@]21C. The zero-order valence-corrected chi connectivity index (χ0v) is 15.3. The van der Waals surface area contributed by atoms with Gasteiger partial charge in [0.15, 0.2) is 5.78 Å². The first-order valence-electron chi connectivity index (χ1n) is 9.87. The van der Waals surface area contributed by atoms with Crippen LogP contribution in [-0.2, 0) is 4.79 Å². The lowest BCUT2D eigenvalue weighted by molar-refractivity contribution is -0.171. The molecule has 2 N–H and O–H groups in total. The van der Waals surface area contributed by atoms with E-state index < -0.39 is 11.7 Å². The van der Waals surface area contributed by atoms with Gasteiger partial charge in [0.2, 0.25) is 0 Å². The van der Waals surface area contributed by atoms with E-state index >= 15 is 0 Å². The number of allylic oxidation sites excluding steroid dienone is 1. The molecule has 0 bridgehead atoms. The number of hydrogen-bond acceptors (Lipinski definition) is 3. The molecule has 0 radical (unpaired) electrons. The number of hydrogen-bond donors (Lipinski definition) is 2. The quantitative estimate of drug-likeness (QED) is 0.771. The van der Waals surface area contributed by atoms with Gasteiger partial charge >= 0.3 is 0 Å². The van der Waals surface area contributed by atoms with Crippen LogP contribution in [0.15, 0.2) is 11.6 Å². The molecule has 0 amide bonds. The van der Waals surface area contributed by atoms with Crippen LogP contribution in [0.3, 0.4) is 0 Å². The van der Waals surface area contributed by atoms with Gasteiger partial charge in [-0.1, -0.05) is 19.4 Å². The molecule has 24 heavy (non-hydrogen) atoms. The van der Waals surface area contributed by atoms with Gasteiger partial charge in [-0.3, -0.25) is 4.79 Å². The molecule has 3 fully saturated rings. The van der Waals surface area contributed by atoms with Crippen molar-refractivity contribution in [1.82, 2.24) is 0 Å². The summed E-state index contributed by atoms with van der Waals surface area (Å²) in [4.78, 5) is 11.9. The number of ketones is 1. The Bertz CT molecular complexity index is 594. The van der Waals surface area contributed by atoms with Gasteiger partial charge in [0.25, 0.3) is 0 Å². The predicted octanol–water partition coefficient (Wildman–Crippen LogP) is 3.63. The second-order valence-corrected chi connectivity index (χ2v) is 9.56. The summed E-state index contributed by atoms with van der Waals surface area (Å²) in [6, 6.07) is 0.